The van der Waals surface area contributed by atoms with Crippen LogP contribution in [-0.2, 0) is 19.6 Å². The van der Waals surface area contributed by atoms with Gasteiger partial charge in [0.1, 0.15) is 0 Å². The standard InChI is InChI=1S/C24H29N3O4S/c1-18-8-4-5-9-22(18)27-17-19(16-23(27)28)24(29)25-20-10-12-21(13-11-20)32(30,31)26-14-6-2-3-7-15-26/h4-5,8-13,19H,2-3,6-7,14-17H2,1H3,(H,25,29)/t19-/m0/s1. The summed E-state index contributed by atoms with van der Waals surface area (Å²) in [6.07, 6.45) is 4.03. The third-order valence-electron chi connectivity index (χ3n) is 6.23. The molecule has 0 spiro atoms. The van der Waals surface area contributed by atoms with Crippen LogP contribution in [0.5, 0.6) is 0 Å². The van der Waals surface area contributed by atoms with Crippen molar-refractivity contribution in [1.29, 1.82) is 0 Å². The van der Waals surface area contributed by atoms with Gasteiger partial charge in [-0.1, -0.05) is 31.0 Å². The normalized spacial score (nSPS) is 20.2. The number of hydrogen-bond acceptors (Lipinski definition) is 4. The molecule has 2 aliphatic heterocycles. The van der Waals surface area contributed by atoms with Crippen molar-refractivity contribution in [2.24, 2.45) is 5.92 Å². The summed E-state index contributed by atoms with van der Waals surface area (Å²) in [4.78, 5) is 27.2. The lowest BCUT2D eigenvalue weighted by Gasteiger charge is -2.20. The van der Waals surface area contributed by atoms with Crippen LogP contribution in [0.3, 0.4) is 0 Å². The van der Waals surface area contributed by atoms with Crippen molar-refractivity contribution in [1.82, 2.24) is 4.31 Å². The summed E-state index contributed by atoms with van der Waals surface area (Å²) in [6, 6.07) is 13.9. The fourth-order valence-corrected chi connectivity index (χ4v) is 5.89. The van der Waals surface area contributed by atoms with E-state index in [0.717, 1.165) is 36.9 Å². The number of hydrogen-bond donors (Lipinski definition) is 1. The smallest absolute Gasteiger partial charge is 0.243 e. The largest absolute Gasteiger partial charge is 0.326 e. The van der Waals surface area contributed by atoms with Crippen molar-refractivity contribution >= 4 is 33.2 Å². The van der Waals surface area contributed by atoms with Crippen LogP contribution in [-0.4, -0.2) is 44.2 Å². The molecule has 0 saturated carbocycles. The molecule has 2 amide bonds. The maximum absolute atomic E-state index is 12.9. The van der Waals surface area contributed by atoms with Crippen molar-refractivity contribution in [2.45, 2.75) is 43.9 Å². The summed E-state index contributed by atoms with van der Waals surface area (Å²) in [5.41, 5.74) is 2.34. The van der Waals surface area contributed by atoms with Crippen LogP contribution in [0.1, 0.15) is 37.7 Å². The molecule has 2 aromatic carbocycles. The molecule has 170 valence electrons. The highest BCUT2D eigenvalue weighted by Gasteiger charge is 2.35. The van der Waals surface area contributed by atoms with Gasteiger partial charge in [0.05, 0.1) is 10.8 Å². The van der Waals surface area contributed by atoms with E-state index >= 15 is 0 Å². The molecule has 2 aromatic rings. The van der Waals surface area contributed by atoms with E-state index in [2.05, 4.69) is 5.32 Å². The summed E-state index contributed by atoms with van der Waals surface area (Å²) < 4.78 is 27.4. The molecule has 0 bridgehead atoms. The summed E-state index contributed by atoms with van der Waals surface area (Å²) in [5.74, 6) is -0.765. The maximum Gasteiger partial charge on any atom is 0.243 e. The SMILES string of the molecule is Cc1ccccc1N1C[C@@H](C(=O)Nc2ccc(S(=O)(=O)N3CCCCCC3)cc2)CC1=O. The maximum atomic E-state index is 12.9. The van der Waals surface area contributed by atoms with E-state index in [1.54, 1.807) is 21.3 Å². The number of carbonyl (C=O) groups is 2. The Morgan fingerprint density at radius 1 is 0.969 bits per heavy atom. The monoisotopic (exact) mass is 455 g/mol. The third kappa shape index (κ3) is 4.71. The highest BCUT2D eigenvalue weighted by molar-refractivity contribution is 7.89. The highest BCUT2D eigenvalue weighted by atomic mass is 32.2. The zero-order valence-corrected chi connectivity index (χ0v) is 19.1. The second-order valence-corrected chi connectivity index (χ2v) is 10.5. The summed E-state index contributed by atoms with van der Waals surface area (Å²) >= 11 is 0. The molecule has 8 heteroatoms. The molecule has 0 unspecified atom stereocenters. The molecule has 2 fully saturated rings. The molecule has 2 heterocycles. The van der Waals surface area contributed by atoms with E-state index in [1.165, 1.54) is 12.1 Å². The first-order chi connectivity index (χ1) is 15.4. The number of carbonyl (C=O) groups excluding carboxylic acids is 2. The van der Waals surface area contributed by atoms with Crippen molar-refractivity contribution < 1.29 is 18.0 Å². The Hall–Kier alpha value is -2.71. The molecule has 1 atom stereocenters. The molecule has 32 heavy (non-hydrogen) atoms. The van der Waals surface area contributed by atoms with Crippen LogP contribution in [0.4, 0.5) is 11.4 Å². The second-order valence-electron chi connectivity index (χ2n) is 8.52. The van der Waals surface area contributed by atoms with Crippen LogP contribution in [0, 0.1) is 12.8 Å². The number of benzene rings is 2. The zero-order valence-electron chi connectivity index (χ0n) is 18.3. The molecule has 0 aliphatic carbocycles. The van der Waals surface area contributed by atoms with Gasteiger partial charge in [-0.2, -0.15) is 4.31 Å². The van der Waals surface area contributed by atoms with Gasteiger partial charge in [-0.3, -0.25) is 9.59 Å². The molecular formula is C24H29N3O4S. The number of sulfonamides is 1. The van der Waals surface area contributed by atoms with Crippen LogP contribution in [0.2, 0.25) is 0 Å². The minimum atomic E-state index is -3.53. The third-order valence-corrected chi connectivity index (χ3v) is 8.14. The lowest BCUT2D eigenvalue weighted by Crippen LogP contribution is -2.32. The van der Waals surface area contributed by atoms with E-state index in [-0.39, 0.29) is 23.1 Å². The van der Waals surface area contributed by atoms with Crippen LogP contribution in [0.15, 0.2) is 53.4 Å². The van der Waals surface area contributed by atoms with Gasteiger partial charge in [0, 0.05) is 37.4 Å². The van der Waals surface area contributed by atoms with Gasteiger partial charge in [-0.25, -0.2) is 8.42 Å². The van der Waals surface area contributed by atoms with Crippen LogP contribution >= 0.6 is 0 Å². The predicted molar refractivity (Wildman–Crippen MR) is 124 cm³/mol. The lowest BCUT2D eigenvalue weighted by molar-refractivity contribution is -0.122. The number of nitrogens with one attached hydrogen (secondary N) is 1. The van der Waals surface area contributed by atoms with Crippen molar-refractivity contribution in [3.05, 3.63) is 54.1 Å². The van der Waals surface area contributed by atoms with E-state index in [4.69, 9.17) is 0 Å². The van der Waals surface area contributed by atoms with Crippen molar-refractivity contribution in [2.75, 3.05) is 29.9 Å². The zero-order chi connectivity index (χ0) is 22.7. The fourth-order valence-electron chi connectivity index (χ4n) is 4.37. The van der Waals surface area contributed by atoms with E-state index < -0.39 is 15.9 Å². The number of nitrogens with zero attached hydrogens (tertiary/aromatic N) is 2. The number of amides is 2. The van der Waals surface area contributed by atoms with Gasteiger partial charge in [0.25, 0.3) is 0 Å². The first-order valence-corrected chi connectivity index (χ1v) is 12.6. The number of aryl methyl sites for hydroxylation is 1. The molecule has 1 N–H and O–H groups in total. The molecule has 2 saturated heterocycles. The average molecular weight is 456 g/mol. The number of rotatable bonds is 5. The van der Waals surface area contributed by atoms with Crippen molar-refractivity contribution in [3.8, 4) is 0 Å². The van der Waals surface area contributed by atoms with Gasteiger partial charge >= 0.3 is 0 Å². The van der Waals surface area contributed by atoms with Crippen LogP contribution in [0.25, 0.3) is 0 Å². The van der Waals surface area contributed by atoms with E-state index in [0.29, 0.717) is 25.3 Å². The second kappa shape index (κ2) is 9.42. The van der Waals surface area contributed by atoms with Crippen molar-refractivity contribution in [3.63, 3.8) is 0 Å². The Morgan fingerprint density at radius 2 is 1.62 bits per heavy atom. The van der Waals surface area contributed by atoms with Gasteiger partial charge in [-0.15, -0.1) is 0 Å². The first kappa shape index (κ1) is 22.5. The highest BCUT2D eigenvalue weighted by Crippen LogP contribution is 2.29. The Balaban J connectivity index is 1.41. The average Bonchev–Trinajstić information content (AvgIpc) is 2.98. The Morgan fingerprint density at radius 3 is 2.28 bits per heavy atom. The molecule has 7 nitrogen and oxygen atoms in total. The Kier molecular flexibility index (Phi) is 6.62. The molecule has 0 radical (unpaired) electrons. The summed E-state index contributed by atoms with van der Waals surface area (Å²) in [7, 11) is -3.53. The lowest BCUT2D eigenvalue weighted by atomic mass is 10.1. The van der Waals surface area contributed by atoms with Gasteiger partial charge in [-0.05, 0) is 55.7 Å². The van der Waals surface area contributed by atoms with Gasteiger partial charge < -0.3 is 10.2 Å². The summed E-state index contributed by atoms with van der Waals surface area (Å²) in [6.45, 7) is 3.37. The number of para-hydroxylation sites is 1. The van der Waals surface area contributed by atoms with Gasteiger partial charge in [0.15, 0.2) is 0 Å². The van der Waals surface area contributed by atoms with E-state index in [1.807, 2.05) is 31.2 Å². The first-order valence-electron chi connectivity index (χ1n) is 11.1. The summed E-state index contributed by atoms with van der Waals surface area (Å²) in [5, 5.41) is 2.83. The van der Waals surface area contributed by atoms with E-state index in [9.17, 15) is 18.0 Å². The molecule has 2 aliphatic rings. The van der Waals surface area contributed by atoms with Gasteiger partial charge in [0.2, 0.25) is 21.8 Å². The topological polar surface area (TPSA) is 86.8 Å². The number of anilines is 2. The fraction of sp³-hybridized carbons (Fsp3) is 0.417. The Bertz CT molecular complexity index is 1090. The van der Waals surface area contributed by atoms with Crippen LogP contribution < -0.4 is 10.2 Å². The minimum Gasteiger partial charge on any atom is -0.326 e. The minimum absolute atomic E-state index is 0.0710. The molecule has 4 rings (SSSR count). The predicted octanol–water partition coefficient (Wildman–Crippen LogP) is 3.55. The quantitative estimate of drug-likeness (QED) is 0.747. The molecule has 0 aromatic heterocycles. The molecular weight excluding hydrogens is 426 g/mol. The Labute approximate surface area is 189 Å².